The molecule has 58 valence electrons. The van der Waals surface area contributed by atoms with Crippen LogP contribution in [0.1, 0.15) is 16.8 Å². The summed E-state index contributed by atoms with van der Waals surface area (Å²) in [5, 5.41) is 0. The van der Waals surface area contributed by atoms with Crippen LogP contribution in [0.2, 0.25) is 0 Å². The highest BCUT2D eigenvalue weighted by Crippen LogP contribution is 2.28. The third kappa shape index (κ3) is 0.897. The van der Waals surface area contributed by atoms with Crippen molar-refractivity contribution in [3.8, 4) is 5.75 Å². The second-order valence-electron chi connectivity index (χ2n) is 2.94. The van der Waals surface area contributed by atoms with Crippen LogP contribution in [-0.2, 0) is 6.42 Å². The van der Waals surface area contributed by atoms with Gasteiger partial charge in [0.25, 0.3) is 0 Å². The Morgan fingerprint density at radius 2 is 2.27 bits per heavy atom. The number of hydrogen-bond acceptors (Lipinski definition) is 2. The summed E-state index contributed by atoms with van der Waals surface area (Å²) in [5.41, 5.74) is 3.58. The lowest BCUT2D eigenvalue weighted by Gasteiger charge is -2.04. The van der Waals surface area contributed by atoms with Gasteiger partial charge in [-0.15, -0.1) is 0 Å². The van der Waals surface area contributed by atoms with Crippen LogP contribution in [0.5, 0.6) is 5.75 Å². The van der Waals surface area contributed by atoms with E-state index < -0.39 is 0 Å². The molecular weight excluding hydrogens is 138 g/mol. The monoisotopic (exact) mass is 149 g/mol. The van der Waals surface area contributed by atoms with Gasteiger partial charge in [-0.05, 0) is 25.0 Å². The van der Waals surface area contributed by atoms with E-state index in [1.807, 2.05) is 6.20 Å². The maximum Gasteiger partial charge on any atom is 0.144 e. The van der Waals surface area contributed by atoms with Crippen LogP contribution in [-0.4, -0.2) is 11.6 Å². The lowest BCUT2D eigenvalue weighted by atomic mass is 10.1. The summed E-state index contributed by atoms with van der Waals surface area (Å²) in [6.45, 7) is 4.94. The van der Waals surface area contributed by atoms with Crippen molar-refractivity contribution in [1.82, 2.24) is 4.98 Å². The Kier molecular flexibility index (Phi) is 1.34. The fourth-order valence-electron chi connectivity index (χ4n) is 1.35. The summed E-state index contributed by atoms with van der Waals surface area (Å²) in [7, 11) is 0. The van der Waals surface area contributed by atoms with Crippen LogP contribution in [0.15, 0.2) is 6.20 Å². The minimum absolute atomic E-state index is 0.798. The van der Waals surface area contributed by atoms with Gasteiger partial charge in [0.15, 0.2) is 0 Å². The number of fused-ring (bicyclic) bond motifs is 1. The molecular formula is C9H11NO. The van der Waals surface area contributed by atoms with Crippen LogP contribution in [0.4, 0.5) is 0 Å². The van der Waals surface area contributed by atoms with Crippen molar-refractivity contribution < 1.29 is 4.74 Å². The van der Waals surface area contributed by atoms with Crippen molar-refractivity contribution in [2.75, 3.05) is 6.61 Å². The average molecular weight is 149 g/mol. The topological polar surface area (TPSA) is 22.1 Å². The van der Waals surface area contributed by atoms with Gasteiger partial charge in [0, 0.05) is 12.6 Å². The zero-order valence-electron chi connectivity index (χ0n) is 6.85. The molecule has 0 unspecified atom stereocenters. The van der Waals surface area contributed by atoms with Crippen molar-refractivity contribution in [3.63, 3.8) is 0 Å². The predicted molar refractivity (Wildman–Crippen MR) is 42.9 cm³/mol. The van der Waals surface area contributed by atoms with E-state index in [4.69, 9.17) is 4.74 Å². The summed E-state index contributed by atoms with van der Waals surface area (Å²) < 4.78 is 5.45. The molecule has 0 saturated carbocycles. The molecule has 0 radical (unpaired) electrons. The lowest BCUT2D eigenvalue weighted by Crippen LogP contribution is -1.90. The highest BCUT2D eigenvalue weighted by atomic mass is 16.5. The predicted octanol–water partition coefficient (Wildman–Crippen LogP) is 1.63. The molecule has 1 aliphatic heterocycles. The molecule has 0 N–H and O–H groups in total. The molecule has 11 heavy (non-hydrogen) atoms. The normalized spacial score (nSPS) is 14.4. The third-order valence-electron chi connectivity index (χ3n) is 2.19. The Balaban J connectivity index is 2.62. The summed E-state index contributed by atoms with van der Waals surface area (Å²) in [6, 6.07) is 0. The zero-order valence-corrected chi connectivity index (χ0v) is 6.85. The fraction of sp³-hybridized carbons (Fsp3) is 0.444. The summed E-state index contributed by atoms with van der Waals surface area (Å²) in [5.74, 6) is 1.02. The third-order valence-corrected chi connectivity index (χ3v) is 2.19. The van der Waals surface area contributed by atoms with Crippen LogP contribution >= 0.6 is 0 Å². The minimum atomic E-state index is 0.798. The standard InChI is InChI=1S/C9H11NO/c1-6-5-10-8-3-4-11-9(8)7(6)2/h5H,3-4H2,1-2H3. The Morgan fingerprint density at radius 1 is 1.45 bits per heavy atom. The van der Waals surface area contributed by atoms with Gasteiger partial charge in [-0.2, -0.15) is 0 Å². The number of rotatable bonds is 0. The van der Waals surface area contributed by atoms with Crippen molar-refractivity contribution in [3.05, 3.63) is 23.0 Å². The first kappa shape index (κ1) is 6.65. The van der Waals surface area contributed by atoms with Crippen molar-refractivity contribution >= 4 is 0 Å². The fourth-order valence-corrected chi connectivity index (χ4v) is 1.35. The van der Waals surface area contributed by atoms with Gasteiger partial charge >= 0.3 is 0 Å². The smallest absolute Gasteiger partial charge is 0.144 e. The first-order chi connectivity index (χ1) is 5.29. The molecule has 2 nitrogen and oxygen atoms in total. The largest absolute Gasteiger partial charge is 0.491 e. The molecule has 0 aromatic carbocycles. The second-order valence-corrected chi connectivity index (χ2v) is 2.94. The lowest BCUT2D eigenvalue weighted by molar-refractivity contribution is 0.354. The Hall–Kier alpha value is -1.05. The van der Waals surface area contributed by atoms with Crippen molar-refractivity contribution in [2.45, 2.75) is 20.3 Å². The van der Waals surface area contributed by atoms with Crippen LogP contribution in [0.3, 0.4) is 0 Å². The van der Waals surface area contributed by atoms with Gasteiger partial charge in [0.2, 0.25) is 0 Å². The molecule has 0 fully saturated rings. The quantitative estimate of drug-likeness (QED) is 0.559. The van der Waals surface area contributed by atoms with Gasteiger partial charge in [-0.25, -0.2) is 0 Å². The van der Waals surface area contributed by atoms with E-state index in [9.17, 15) is 0 Å². The van der Waals surface area contributed by atoms with Gasteiger partial charge in [0.1, 0.15) is 5.75 Å². The summed E-state index contributed by atoms with van der Waals surface area (Å²) >= 11 is 0. The highest BCUT2D eigenvalue weighted by molar-refractivity contribution is 5.42. The van der Waals surface area contributed by atoms with Gasteiger partial charge < -0.3 is 4.74 Å². The molecule has 2 heterocycles. The Labute approximate surface area is 66.2 Å². The van der Waals surface area contributed by atoms with Gasteiger partial charge in [0.05, 0.1) is 12.3 Å². The van der Waals surface area contributed by atoms with E-state index in [0.717, 1.165) is 24.5 Å². The van der Waals surface area contributed by atoms with E-state index >= 15 is 0 Å². The maximum absolute atomic E-state index is 5.45. The van der Waals surface area contributed by atoms with Gasteiger partial charge in [-0.1, -0.05) is 0 Å². The van der Waals surface area contributed by atoms with E-state index in [1.165, 1.54) is 11.1 Å². The molecule has 0 aliphatic carbocycles. The molecule has 1 aromatic heterocycles. The number of aromatic nitrogens is 1. The molecule has 0 atom stereocenters. The molecule has 0 saturated heterocycles. The Morgan fingerprint density at radius 3 is 3.09 bits per heavy atom. The molecule has 0 spiro atoms. The Bertz CT molecular complexity index is 294. The maximum atomic E-state index is 5.45. The number of hydrogen-bond donors (Lipinski definition) is 0. The molecule has 2 rings (SSSR count). The first-order valence-electron chi connectivity index (χ1n) is 3.87. The van der Waals surface area contributed by atoms with E-state index in [1.54, 1.807) is 0 Å². The molecule has 0 bridgehead atoms. The second kappa shape index (κ2) is 2.22. The van der Waals surface area contributed by atoms with E-state index in [2.05, 4.69) is 18.8 Å². The first-order valence-corrected chi connectivity index (χ1v) is 3.87. The minimum Gasteiger partial charge on any atom is -0.491 e. The number of aryl methyl sites for hydroxylation is 1. The summed E-state index contributed by atoms with van der Waals surface area (Å²) in [6.07, 6.45) is 2.89. The number of nitrogens with zero attached hydrogens (tertiary/aromatic N) is 1. The van der Waals surface area contributed by atoms with Crippen LogP contribution in [0, 0.1) is 13.8 Å². The molecule has 1 aromatic rings. The highest BCUT2D eigenvalue weighted by Gasteiger charge is 2.16. The van der Waals surface area contributed by atoms with Crippen LogP contribution in [0.25, 0.3) is 0 Å². The SMILES string of the molecule is Cc1cnc2c(c1C)OCC2. The van der Waals surface area contributed by atoms with Gasteiger partial charge in [-0.3, -0.25) is 4.98 Å². The summed E-state index contributed by atoms with van der Waals surface area (Å²) in [4.78, 5) is 4.29. The van der Waals surface area contributed by atoms with E-state index in [0.29, 0.717) is 0 Å². The average Bonchev–Trinajstić information content (AvgIpc) is 2.45. The van der Waals surface area contributed by atoms with Crippen molar-refractivity contribution in [2.24, 2.45) is 0 Å². The number of pyridine rings is 1. The van der Waals surface area contributed by atoms with E-state index in [-0.39, 0.29) is 0 Å². The molecule has 2 heteroatoms. The number of ether oxygens (including phenoxy) is 1. The van der Waals surface area contributed by atoms with Crippen LogP contribution < -0.4 is 4.74 Å². The molecule has 1 aliphatic rings. The molecule has 0 amide bonds. The zero-order chi connectivity index (χ0) is 7.84. The van der Waals surface area contributed by atoms with Crippen molar-refractivity contribution in [1.29, 1.82) is 0 Å².